The zero-order valence-electron chi connectivity index (χ0n) is 18.7. The summed E-state index contributed by atoms with van der Waals surface area (Å²) in [5.41, 5.74) is 2.50. The number of oxazole rings is 1. The van der Waals surface area contributed by atoms with E-state index < -0.39 is 5.76 Å². The number of aromatic nitrogens is 3. The highest BCUT2D eigenvalue weighted by molar-refractivity contribution is 5.92. The van der Waals surface area contributed by atoms with E-state index in [1.807, 2.05) is 43.3 Å². The Hall–Kier alpha value is -3.92. The van der Waals surface area contributed by atoms with Crippen LogP contribution in [-0.2, 0) is 17.8 Å². The second-order valence-electron chi connectivity index (χ2n) is 7.79. The molecule has 0 bridgehead atoms. The SMILES string of the molecule is COc1ccc(-c2noc(CCC(=O)Nc3ccc4oc(=O)n(CCN(C)C)c4c3)n2)cc1. The number of benzene rings is 2. The number of rotatable bonds is 9. The minimum Gasteiger partial charge on any atom is -0.497 e. The van der Waals surface area contributed by atoms with Gasteiger partial charge in [-0.3, -0.25) is 9.36 Å². The third kappa shape index (κ3) is 5.29. The second kappa shape index (κ2) is 9.70. The molecule has 0 aliphatic rings. The molecule has 0 atom stereocenters. The summed E-state index contributed by atoms with van der Waals surface area (Å²) in [6.07, 6.45) is 0.470. The summed E-state index contributed by atoms with van der Waals surface area (Å²) in [5, 5.41) is 6.82. The van der Waals surface area contributed by atoms with E-state index in [1.54, 1.807) is 29.9 Å². The molecule has 10 nitrogen and oxygen atoms in total. The maximum absolute atomic E-state index is 12.5. The van der Waals surface area contributed by atoms with Gasteiger partial charge in [-0.1, -0.05) is 5.16 Å². The van der Waals surface area contributed by atoms with Crippen molar-refractivity contribution in [3.63, 3.8) is 0 Å². The van der Waals surface area contributed by atoms with Crippen molar-refractivity contribution in [3.8, 4) is 17.1 Å². The van der Waals surface area contributed by atoms with Crippen molar-refractivity contribution in [2.45, 2.75) is 19.4 Å². The van der Waals surface area contributed by atoms with Crippen molar-refractivity contribution < 1.29 is 18.5 Å². The number of nitrogens with one attached hydrogen (secondary N) is 1. The summed E-state index contributed by atoms with van der Waals surface area (Å²) < 4.78 is 17.3. The Kier molecular flexibility index (Phi) is 6.55. The molecule has 1 amide bonds. The molecule has 0 saturated carbocycles. The molecule has 0 radical (unpaired) electrons. The Labute approximate surface area is 189 Å². The van der Waals surface area contributed by atoms with Crippen LogP contribution < -0.4 is 15.8 Å². The number of carbonyl (C=O) groups excluding carboxylic acids is 1. The number of fused-ring (bicyclic) bond motifs is 1. The molecule has 0 saturated heterocycles. The van der Waals surface area contributed by atoms with Gasteiger partial charge in [0.15, 0.2) is 5.58 Å². The second-order valence-corrected chi connectivity index (χ2v) is 7.79. The van der Waals surface area contributed by atoms with Crippen LogP contribution in [-0.4, -0.2) is 53.3 Å². The number of nitrogens with zero attached hydrogens (tertiary/aromatic N) is 4. The lowest BCUT2D eigenvalue weighted by Crippen LogP contribution is -2.23. The summed E-state index contributed by atoms with van der Waals surface area (Å²) in [7, 11) is 5.47. The Morgan fingerprint density at radius 3 is 2.70 bits per heavy atom. The molecular formula is C23H25N5O5. The number of anilines is 1. The Morgan fingerprint density at radius 2 is 1.97 bits per heavy atom. The molecule has 2 aromatic carbocycles. The predicted molar refractivity (Wildman–Crippen MR) is 122 cm³/mol. The largest absolute Gasteiger partial charge is 0.497 e. The van der Waals surface area contributed by atoms with E-state index in [9.17, 15) is 9.59 Å². The highest BCUT2D eigenvalue weighted by atomic mass is 16.5. The van der Waals surface area contributed by atoms with Crippen LogP contribution in [0.2, 0.25) is 0 Å². The summed E-state index contributed by atoms with van der Waals surface area (Å²) in [6, 6.07) is 12.4. The van der Waals surface area contributed by atoms with Crippen LogP contribution in [0, 0.1) is 0 Å². The molecule has 0 aliphatic heterocycles. The average molecular weight is 451 g/mol. The fourth-order valence-corrected chi connectivity index (χ4v) is 3.31. The van der Waals surface area contributed by atoms with E-state index in [0.717, 1.165) is 11.3 Å². The van der Waals surface area contributed by atoms with E-state index in [-0.39, 0.29) is 12.3 Å². The molecule has 0 unspecified atom stereocenters. The molecule has 0 aliphatic carbocycles. The van der Waals surface area contributed by atoms with Gasteiger partial charge < -0.3 is 23.9 Å². The van der Waals surface area contributed by atoms with Crippen LogP contribution in [0.3, 0.4) is 0 Å². The normalized spacial score (nSPS) is 11.3. The number of aryl methyl sites for hydroxylation is 1. The van der Waals surface area contributed by atoms with Crippen molar-refractivity contribution in [1.82, 2.24) is 19.6 Å². The lowest BCUT2D eigenvalue weighted by atomic mass is 10.2. The average Bonchev–Trinajstić information content (AvgIpc) is 3.40. The fraction of sp³-hybridized carbons (Fsp3) is 0.304. The number of amides is 1. The Bertz CT molecular complexity index is 1300. The smallest absolute Gasteiger partial charge is 0.419 e. The summed E-state index contributed by atoms with van der Waals surface area (Å²) in [5.74, 6) is 0.944. The number of ether oxygens (including phenoxy) is 1. The molecule has 10 heteroatoms. The Balaban J connectivity index is 1.38. The lowest BCUT2D eigenvalue weighted by molar-refractivity contribution is -0.116. The molecule has 1 N–H and O–H groups in total. The first-order chi connectivity index (χ1) is 15.9. The van der Waals surface area contributed by atoms with Gasteiger partial charge in [0, 0.05) is 37.2 Å². The van der Waals surface area contributed by atoms with Crippen LogP contribution in [0.5, 0.6) is 5.75 Å². The van der Waals surface area contributed by atoms with Crippen LogP contribution >= 0.6 is 0 Å². The molecule has 0 fully saturated rings. The molecule has 172 valence electrons. The van der Waals surface area contributed by atoms with Crippen molar-refractivity contribution in [3.05, 3.63) is 58.9 Å². The van der Waals surface area contributed by atoms with E-state index in [4.69, 9.17) is 13.7 Å². The Morgan fingerprint density at radius 1 is 1.18 bits per heavy atom. The number of likely N-dealkylation sites (N-methyl/N-ethyl adjacent to an activating group) is 1. The number of methoxy groups -OCH3 is 1. The summed E-state index contributed by atoms with van der Waals surface area (Å²) in [6.45, 7) is 1.18. The van der Waals surface area contributed by atoms with Gasteiger partial charge in [-0.2, -0.15) is 4.98 Å². The molecule has 2 heterocycles. The zero-order chi connectivity index (χ0) is 23.4. The zero-order valence-corrected chi connectivity index (χ0v) is 18.7. The van der Waals surface area contributed by atoms with Crippen molar-refractivity contribution >= 4 is 22.7 Å². The molecule has 4 aromatic rings. The van der Waals surface area contributed by atoms with Gasteiger partial charge in [-0.05, 0) is 56.6 Å². The first kappa shape index (κ1) is 22.3. The molecular weight excluding hydrogens is 426 g/mol. The molecule has 2 aromatic heterocycles. The van der Waals surface area contributed by atoms with Gasteiger partial charge in [0.25, 0.3) is 0 Å². The van der Waals surface area contributed by atoms with Crippen molar-refractivity contribution in [2.24, 2.45) is 0 Å². The standard InChI is InChI=1S/C23H25N5O5/c1-27(2)12-13-28-18-14-16(6-9-19(18)32-23(28)30)24-20(29)10-11-21-25-22(26-33-21)15-4-7-17(31-3)8-5-15/h4-9,14H,10-13H2,1-3H3,(H,24,29). The number of hydrogen-bond donors (Lipinski definition) is 1. The highest BCUT2D eigenvalue weighted by Gasteiger charge is 2.13. The first-order valence-electron chi connectivity index (χ1n) is 10.5. The van der Waals surface area contributed by atoms with Gasteiger partial charge in [0.2, 0.25) is 17.6 Å². The maximum Gasteiger partial charge on any atom is 0.419 e. The van der Waals surface area contributed by atoms with Gasteiger partial charge >= 0.3 is 5.76 Å². The van der Waals surface area contributed by atoms with E-state index in [0.29, 0.717) is 48.0 Å². The fourth-order valence-electron chi connectivity index (χ4n) is 3.31. The van der Waals surface area contributed by atoms with Gasteiger partial charge in [0.1, 0.15) is 5.75 Å². The van der Waals surface area contributed by atoms with Crippen LogP contribution in [0.1, 0.15) is 12.3 Å². The van der Waals surface area contributed by atoms with E-state index in [1.165, 1.54) is 0 Å². The summed E-state index contributed by atoms with van der Waals surface area (Å²) >= 11 is 0. The topological polar surface area (TPSA) is 116 Å². The van der Waals surface area contributed by atoms with E-state index in [2.05, 4.69) is 15.5 Å². The third-order valence-corrected chi connectivity index (χ3v) is 5.10. The van der Waals surface area contributed by atoms with Gasteiger partial charge in [0.05, 0.1) is 12.6 Å². The quantitative estimate of drug-likeness (QED) is 0.413. The van der Waals surface area contributed by atoms with Gasteiger partial charge in [-0.25, -0.2) is 4.79 Å². The third-order valence-electron chi connectivity index (χ3n) is 5.10. The number of hydrogen-bond acceptors (Lipinski definition) is 8. The lowest BCUT2D eigenvalue weighted by Gasteiger charge is -2.10. The summed E-state index contributed by atoms with van der Waals surface area (Å²) in [4.78, 5) is 30.9. The van der Waals surface area contributed by atoms with Crippen LogP contribution in [0.4, 0.5) is 5.69 Å². The van der Waals surface area contributed by atoms with E-state index >= 15 is 0 Å². The number of carbonyl (C=O) groups is 1. The predicted octanol–water partition coefficient (Wildman–Crippen LogP) is 2.79. The van der Waals surface area contributed by atoms with Crippen LogP contribution in [0.25, 0.3) is 22.5 Å². The van der Waals surface area contributed by atoms with Gasteiger partial charge in [-0.15, -0.1) is 0 Å². The molecule has 4 rings (SSSR count). The molecule has 0 spiro atoms. The monoisotopic (exact) mass is 451 g/mol. The van der Waals surface area contributed by atoms with Crippen molar-refractivity contribution in [1.29, 1.82) is 0 Å². The first-order valence-corrected chi connectivity index (χ1v) is 10.5. The highest BCUT2D eigenvalue weighted by Crippen LogP contribution is 2.21. The maximum atomic E-state index is 12.5. The minimum absolute atomic E-state index is 0.168. The molecule has 33 heavy (non-hydrogen) atoms. The van der Waals surface area contributed by atoms with Crippen LogP contribution in [0.15, 0.2) is 56.2 Å². The van der Waals surface area contributed by atoms with Crippen molar-refractivity contribution in [2.75, 3.05) is 33.1 Å². The minimum atomic E-state index is -0.417.